The Kier molecular flexibility index (Phi) is 9.09. The maximum atomic E-state index is 12.5. The molecule has 1 aromatic heterocycles. The topological polar surface area (TPSA) is 72.9 Å². The number of benzene rings is 2. The van der Waals surface area contributed by atoms with E-state index in [2.05, 4.69) is 29.0 Å². The summed E-state index contributed by atoms with van der Waals surface area (Å²) in [7, 11) is 3.20. The van der Waals surface area contributed by atoms with Crippen LogP contribution >= 0.6 is 11.3 Å². The third kappa shape index (κ3) is 6.94. The summed E-state index contributed by atoms with van der Waals surface area (Å²) in [4.78, 5) is 19.4. The van der Waals surface area contributed by atoms with Crippen LogP contribution in [0.2, 0.25) is 0 Å². The highest BCUT2D eigenvalue weighted by Crippen LogP contribution is 2.33. The second-order valence-electron chi connectivity index (χ2n) is 7.34. The molecule has 0 saturated carbocycles. The zero-order valence-electron chi connectivity index (χ0n) is 19.6. The summed E-state index contributed by atoms with van der Waals surface area (Å²) in [5.41, 5.74) is 2.37. The van der Waals surface area contributed by atoms with E-state index in [-0.39, 0.29) is 12.3 Å². The van der Waals surface area contributed by atoms with Crippen molar-refractivity contribution in [2.75, 3.05) is 45.8 Å². The van der Waals surface area contributed by atoms with Crippen LogP contribution in [0.4, 0.5) is 5.69 Å². The highest BCUT2D eigenvalue weighted by molar-refractivity contribution is 7.13. The summed E-state index contributed by atoms with van der Waals surface area (Å²) in [5, 5.41) is 5.64. The molecule has 3 aromatic rings. The molecule has 176 valence electrons. The lowest BCUT2D eigenvalue weighted by molar-refractivity contribution is -0.115. The summed E-state index contributed by atoms with van der Waals surface area (Å²) >= 11 is 1.49. The van der Waals surface area contributed by atoms with Crippen LogP contribution in [0.15, 0.2) is 47.8 Å². The van der Waals surface area contributed by atoms with Crippen LogP contribution in [0.1, 0.15) is 19.5 Å². The van der Waals surface area contributed by atoms with Crippen LogP contribution < -0.4 is 19.5 Å². The molecular formula is C25H31N3O4S. The van der Waals surface area contributed by atoms with Crippen LogP contribution in [0.5, 0.6) is 17.2 Å². The van der Waals surface area contributed by atoms with Gasteiger partial charge in [-0.25, -0.2) is 4.98 Å². The molecule has 33 heavy (non-hydrogen) atoms. The minimum Gasteiger partial charge on any atom is -0.493 e. The summed E-state index contributed by atoms with van der Waals surface area (Å²) in [6, 6.07) is 13.1. The van der Waals surface area contributed by atoms with Gasteiger partial charge in [-0.1, -0.05) is 13.8 Å². The Labute approximate surface area is 199 Å². The largest absolute Gasteiger partial charge is 0.493 e. The number of hydrogen-bond donors (Lipinski definition) is 1. The molecule has 1 N–H and O–H groups in total. The number of rotatable bonds is 12. The molecule has 0 bridgehead atoms. The third-order valence-corrected chi connectivity index (χ3v) is 6.17. The van der Waals surface area contributed by atoms with Crippen molar-refractivity contribution in [3.05, 3.63) is 53.5 Å². The number of thiazole rings is 1. The number of nitrogens with zero attached hydrogens (tertiary/aromatic N) is 2. The summed E-state index contributed by atoms with van der Waals surface area (Å²) in [6.07, 6.45) is 0.200. The minimum absolute atomic E-state index is 0.116. The molecule has 0 fully saturated rings. The van der Waals surface area contributed by atoms with Gasteiger partial charge in [0.25, 0.3) is 0 Å². The van der Waals surface area contributed by atoms with Gasteiger partial charge < -0.3 is 24.4 Å². The van der Waals surface area contributed by atoms with Crippen molar-refractivity contribution in [3.8, 4) is 27.8 Å². The predicted molar refractivity (Wildman–Crippen MR) is 133 cm³/mol. The quantitative estimate of drug-likeness (QED) is 0.413. The van der Waals surface area contributed by atoms with E-state index in [4.69, 9.17) is 14.2 Å². The zero-order chi connectivity index (χ0) is 23.6. The van der Waals surface area contributed by atoms with Crippen molar-refractivity contribution in [1.29, 1.82) is 0 Å². The number of carbonyl (C=O) groups excluding carboxylic acids is 1. The molecule has 0 unspecified atom stereocenters. The third-order valence-electron chi connectivity index (χ3n) is 5.23. The Hall–Kier alpha value is -3.10. The van der Waals surface area contributed by atoms with Crippen LogP contribution in [0, 0.1) is 0 Å². The molecule has 0 aliphatic rings. The lowest BCUT2D eigenvalue weighted by Gasteiger charge is -2.18. The van der Waals surface area contributed by atoms with Crippen LogP contribution in [-0.4, -0.2) is 56.3 Å². The Morgan fingerprint density at radius 3 is 2.42 bits per heavy atom. The van der Waals surface area contributed by atoms with Crippen LogP contribution in [0.3, 0.4) is 0 Å². The molecule has 0 aliphatic carbocycles. The fourth-order valence-corrected chi connectivity index (χ4v) is 4.14. The van der Waals surface area contributed by atoms with Gasteiger partial charge in [-0.05, 0) is 55.6 Å². The molecule has 0 radical (unpaired) electrons. The standard InChI is InChI=1S/C25H31N3O4S/c1-5-28(6-2)13-14-32-21-10-8-19(9-11-21)26-24(29)16-20-17-33-25(27-20)18-7-12-22(30-3)23(15-18)31-4/h7-12,15,17H,5-6,13-14,16H2,1-4H3,(H,26,29). The monoisotopic (exact) mass is 469 g/mol. The summed E-state index contributed by atoms with van der Waals surface area (Å²) < 4.78 is 16.4. The fourth-order valence-electron chi connectivity index (χ4n) is 3.33. The van der Waals surface area contributed by atoms with Gasteiger partial charge in [0, 0.05) is 23.2 Å². The van der Waals surface area contributed by atoms with Crippen molar-refractivity contribution in [3.63, 3.8) is 0 Å². The molecule has 0 aliphatic heterocycles. The SMILES string of the molecule is CCN(CC)CCOc1ccc(NC(=O)Cc2csc(-c3ccc(OC)c(OC)c3)n2)cc1. The number of methoxy groups -OCH3 is 2. The number of likely N-dealkylation sites (N-methyl/N-ethyl adjacent to an activating group) is 1. The lowest BCUT2D eigenvalue weighted by Crippen LogP contribution is -2.27. The first-order valence-electron chi connectivity index (χ1n) is 11.0. The van der Waals surface area contributed by atoms with Crippen LogP contribution in [-0.2, 0) is 11.2 Å². The Morgan fingerprint density at radius 2 is 1.76 bits per heavy atom. The van der Waals surface area contributed by atoms with E-state index in [1.165, 1.54) is 11.3 Å². The number of amides is 1. The average Bonchev–Trinajstić information content (AvgIpc) is 3.30. The highest BCUT2D eigenvalue weighted by atomic mass is 32.1. The number of nitrogens with one attached hydrogen (secondary N) is 1. The second-order valence-corrected chi connectivity index (χ2v) is 8.20. The van der Waals surface area contributed by atoms with Gasteiger partial charge in [0.1, 0.15) is 17.4 Å². The van der Waals surface area contributed by atoms with E-state index in [1.54, 1.807) is 14.2 Å². The van der Waals surface area contributed by atoms with E-state index >= 15 is 0 Å². The number of hydrogen-bond acceptors (Lipinski definition) is 7. The fraction of sp³-hybridized carbons (Fsp3) is 0.360. The normalized spacial score (nSPS) is 10.8. The van der Waals surface area contributed by atoms with Crippen molar-refractivity contribution < 1.29 is 19.0 Å². The van der Waals surface area contributed by atoms with Crippen molar-refractivity contribution >= 4 is 22.9 Å². The Bertz CT molecular complexity index is 1030. The number of anilines is 1. The van der Waals surface area contributed by atoms with Crippen molar-refractivity contribution in [2.24, 2.45) is 0 Å². The number of ether oxygens (including phenoxy) is 3. The molecule has 2 aromatic carbocycles. The first kappa shape index (κ1) is 24.5. The van der Waals surface area contributed by atoms with Crippen LogP contribution in [0.25, 0.3) is 10.6 Å². The minimum atomic E-state index is -0.116. The summed E-state index contributed by atoms with van der Waals surface area (Å²) in [6.45, 7) is 7.84. The first-order valence-corrected chi connectivity index (χ1v) is 11.9. The van der Waals surface area contributed by atoms with E-state index < -0.39 is 0 Å². The van der Waals surface area contributed by atoms with Gasteiger partial charge in [-0.3, -0.25) is 4.79 Å². The highest BCUT2D eigenvalue weighted by Gasteiger charge is 2.12. The molecule has 1 amide bonds. The van der Waals surface area contributed by atoms with Gasteiger partial charge in [0.2, 0.25) is 5.91 Å². The number of carbonyl (C=O) groups is 1. The molecule has 1 heterocycles. The Morgan fingerprint density at radius 1 is 1.03 bits per heavy atom. The van der Waals surface area contributed by atoms with Gasteiger partial charge in [0.05, 0.1) is 26.3 Å². The van der Waals surface area contributed by atoms with Crippen molar-refractivity contribution in [2.45, 2.75) is 20.3 Å². The maximum Gasteiger partial charge on any atom is 0.230 e. The smallest absolute Gasteiger partial charge is 0.230 e. The molecular weight excluding hydrogens is 438 g/mol. The van der Waals surface area contributed by atoms with Gasteiger partial charge >= 0.3 is 0 Å². The molecule has 7 nitrogen and oxygen atoms in total. The average molecular weight is 470 g/mol. The molecule has 0 spiro atoms. The van der Waals surface area contributed by atoms with Gasteiger partial charge in [-0.15, -0.1) is 11.3 Å². The van der Waals surface area contributed by atoms with E-state index in [1.807, 2.05) is 47.8 Å². The Balaban J connectivity index is 1.53. The molecule has 8 heteroatoms. The first-order chi connectivity index (χ1) is 16.1. The van der Waals surface area contributed by atoms with E-state index in [0.717, 1.165) is 47.3 Å². The maximum absolute atomic E-state index is 12.5. The molecule has 3 rings (SSSR count). The van der Waals surface area contributed by atoms with Crippen molar-refractivity contribution in [1.82, 2.24) is 9.88 Å². The summed E-state index contributed by atoms with van der Waals surface area (Å²) in [5.74, 6) is 1.98. The predicted octanol–water partition coefficient (Wildman–Crippen LogP) is 4.73. The van der Waals surface area contributed by atoms with E-state index in [9.17, 15) is 4.79 Å². The van der Waals surface area contributed by atoms with E-state index in [0.29, 0.717) is 18.1 Å². The number of aromatic nitrogens is 1. The molecule has 0 atom stereocenters. The second kappa shape index (κ2) is 12.2. The molecule has 0 saturated heterocycles. The zero-order valence-corrected chi connectivity index (χ0v) is 20.4. The lowest BCUT2D eigenvalue weighted by atomic mass is 10.2. The van der Waals surface area contributed by atoms with Gasteiger partial charge in [-0.2, -0.15) is 0 Å². The van der Waals surface area contributed by atoms with Gasteiger partial charge in [0.15, 0.2) is 11.5 Å².